The number of aryl methyl sites for hydroxylation is 2. The van der Waals surface area contributed by atoms with Gasteiger partial charge in [-0.3, -0.25) is 0 Å². The van der Waals surface area contributed by atoms with Crippen LogP contribution in [0, 0.1) is 30.3 Å². The third kappa shape index (κ3) is 4.66. The van der Waals surface area contributed by atoms with Gasteiger partial charge in [0.2, 0.25) is 0 Å². The van der Waals surface area contributed by atoms with Gasteiger partial charge in [-0.2, -0.15) is 0 Å². The summed E-state index contributed by atoms with van der Waals surface area (Å²) in [6.07, 6.45) is 11.4. The summed E-state index contributed by atoms with van der Waals surface area (Å²) < 4.78 is 43.6. The highest BCUT2D eigenvalue weighted by atomic mass is 19.2. The number of hydrogen-bond donors (Lipinski definition) is 0. The van der Waals surface area contributed by atoms with E-state index in [-0.39, 0.29) is 11.7 Å². The van der Waals surface area contributed by atoms with Gasteiger partial charge in [0.05, 0.1) is 0 Å². The zero-order chi connectivity index (χ0) is 21.1. The maximum atomic E-state index is 14.7. The van der Waals surface area contributed by atoms with Crippen molar-refractivity contribution in [2.45, 2.75) is 77.0 Å². The van der Waals surface area contributed by atoms with E-state index in [0.29, 0.717) is 23.5 Å². The van der Waals surface area contributed by atoms with Crippen LogP contribution in [0.5, 0.6) is 0 Å². The lowest BCUT2D eigenvalue weighted by Gasteiger charge is -2.29. The maximum Gasteiger partial charge on any atom is 0.166 e. The average Bonchev–Trinajstić information content (AvgIpc) is 2.76. The van der Waals surface area contributed by atoms with Crippen molar-refractivity contribution in [3.05, 3.63) is 76.1 Å². The van der Waals surface area contributed by atoms with E-state index in [2.05, 4.69) is 6.08 Å². The Morgan fingerprint density at radius 1 is 0.900 bits per heavy atom. The van der Waals surface area contributed by atoms with Crippen LogP contribution < -0.4 is 0 Å². The van der Waals surface area contributed by atoms with E-state index in [1.165, 1.54) is 0 Å². The molecule has 0 radical (unpaired) electrons. The first-order chi connectivity index (χ1) is 14.5. The Morgan fingerprint density at radius 3 is 2.40 bits per heavy atom. The van der Waals surface area contributed by atoms with Crippen molar-refractivity contribution in [3.8, 4) is 0 Å². The summed E-state index contributed by atoms with van der Waals surface area (Å²) in [6.45, 7) is 1.91. The first-order valence-electron chi connectivity index (χ1n) is 11.4. The number of rotatable bonds is 5. The van der Waals surface area contributed by atoms with Gasteiger partial charge in [-0.25, -0.2) is 13.2 Å². The van der Waals surface area contributed by atoms with E-state index in [4.69, 9.17) is 0 Å². The molecule has 0 amide bonds. The Hall–Kier alpha value is -2.03. The van der Waals surface area contributed by atoms with Gasteiger partial charge in [-0.15, -0.1) is 0 Å². The molecular weight excluding hydrogens is 381 g/mol. The Kier molecular flexibility index (Phi) is 6.65. The van der Waals surface area contributed by atoms with Crippen molar-refractivity contribution in [3.63, 3.8) is 0 Å². The van der Waals surface area contributed by atoms with Crippen LogP contribution in [0.1, 0.15) is 86.0 Å². The molecule has 3 heteroatoms. The van der Waals surface area contributed by atoms with Crippen LogP contribution in [0.3, 0.4) is 0 Å². The molecule has 2 aliphatic rings. The molecule has 2 aliphatic carbocycles. The van der Waals surface area contributed by atoms with Crippen LogP contribution in [-0.4, -0.2) is 0 Å². The minimum absolute atomic E-state index is 0.0934. The average molecular weight is 413 g/mol. The lowest BCUT2D eigenvalue weighted by Crippen LogP contribution is -2.15. The molecular formula is C27H31F3. The Bertz CT molecular complexity index is 920. The van der Waals surface area contributed by atoms with Crippen LogP contribution >= 0.6 is 0 Å². The number of allylic oxidation sites excluding steroid dienone is 2. The monoisotopic (exact) mass is 412 g/mol. The second-order valence-corrected chi connectivity index (χ2v) is 9.16. The fourth-order valence-corrected chi connectivity index (χ4v) is 5.20. The standard InChI is InChI=1S/C27H31F3/c1-18-7-15-23(25(28)17-18)21-11-8-19(9-12-21)10-13-22-14-16-24(27(30)26(22)29)20-5-3-2-4-6-20/h5,7,14-17,19,21H,2-4,6,8-13H2,1H3. The lowest BCUT2D eigenvalue weighted by molar-refractivity contribution is 0.305. The van der Waals surface area contributed by atoms with E-state index >= 15 is 0 Å². The second kappa shape index (κ2) is 9.41. The molecule has 1 fully saturated rings. The first-order valence-corrected chi connectivity index (χ1v) is 11.4. The zero-order valence-corrected chi connectivity index (χ0v) is 17.8. The molecule has 0 saturated heterocycles. The fourth-order valence-electron chi connectivity index (χ4n) is 5.20. The predicted molar refractivity (Wildman–Crippen MR) is 117 cm³/mol. The van der Waals surface area contributed by atoms with Crippen LogP contribution in [-0.2, 0) is 6.42 Å². The molecule has 1 saturated carbocycles. The van der Waals surface area contributed by atoms with Gasteiger partial charge in [0.15, 0.2) is 11.6 Å². The summed E-state index contributed by atoms with van der Waals surface area (Å²) in [5.41, 5.74) is 3.66. The van der Waals surface area contributed by atoms with Gasteiger partial charge in [0, 0.05) is 5.56 Å². The molecule has 0 heterocycles. The highest BCUT2D eigenvalue weighted by Crippen LogP contribution is 2.39. The van der Waals surface area contributed by atoms with E-state index in [1.807, 2.05) is 19.1 Å². The number of halogens is 3. The van der Waals surface area contributed by atoms with E-state index in [9.17, 15) is 13.2 Å². The highest BCUT2D eigenvalue weighted by molar-refractivity contribution is 5.67. The van der Waals surface area contributed by atoms with Crippen LogP contribution in [0.15, 0.2) is 36.4 Å². The van der Waals surface area contributed by atoms with Crippen molar-refractivity contribution in [1.82, 2.24) is 0 Å². The minimum atomic E-state index is -0.681. The summed E-state index contributed by atoms with van der Waals surface area (Å²) in [4.78, 5) is 0. The number of benzene rings is 2. The summed E-state index contributed by atoms with van der Waals surface area (Å²) in [6, 6.07) is 9.07. The fraction of sp³-hybridized carbons (Fsp3) is 0.481. The molecule has 2 aromatic rings. The predicted octanol–water partition coefficient (Wildman–Crippen LogP) is 8.28. The molecule has 0 spiro atoms. The second-order valence-electron chi connectivity index (χ2n) is 9.16. The van der Waals surface area contributed by atoms with E-state index < -0.39 is 11.6 Å². The third-order valence-corrected chi connectivity index (χ3v) is 7.06. The van der Waals surface area contributed by atoms with Crippen LogP contribution in [0.4, 0.5) is 13.2 Å². The topological polar surface area (TPSA) is 0 Å². The molecule has 0 N–H and O–H groups in total. The van der Waals surface area contributed by atoms with Gasteiger partial charge in [-0.05, 0) is 111 Å². The van der Waals surface area contributed by atoms with Crippen molar-refractivity contribution in [2.24, 2.45) is 5.92 Å². The smallest absolute Gasteiger partial charge is 0.166 e. The van der Waals surface area contributed by atoms with Gasteiger partial charge >= 0.3 is 0 Å². The molecule has 0 nitrogen and oxygen atoms in total. The normalized spacial score (nSPS) is 22.1. The Balaban J connectivity index is 1.34. The quantitative estimate of drug-likeness (QED) is 0.463. The van der Waals surface area contributed by atoms with Crippen molar-refractivity contribution >= 4 is 5.57 Å². The van der Waals surface area contributed by atoms with Gasteiger partial charge in [0.1, 0.15) is 5.82 Å². The first kappa shape index (κ1) is 21.2. The summed E-state index contributed by atoms with van der Waals surface area (Å²) in [7, 11) is 0. The van der Waals surface area contributed by atoms with Gasteiger partial charge in [0.25, 0.3) is 0 Å². The van der Waals surface area contributed by atoms with Gasteiger partial charge < -0.3 is 0 Å². The lowest BCUT2D eigenvalue weighted by atomic mass is 9.76. The molecule has 4 rings (SSSR count). The summed E-state index contributed by atoms with van der Waals surface area (Å²) in [5, 5.41) is 0. The van der Waals surface area contributed by atoms with Crippen molar-refractivity contribution in [2.75, 3.05) is 0 Å². The third-order valence-electron chi connectivity index (χ3n) is 7.06. The molecule has 0 atom stereocenters. The summed E-state index contributed by atoms with van der Waals surface area (Å²) >= 11 is 0. The number of hydrogen-bond acceptors (Lipinski definition) is 0. The molecule has 0 aliphatic heterocycles. The van der Waals surface area contributed by atoms with Crippen LogP contribution in [0.25, 0.3) is 5.57 Å². The summed E-state index contributed by atoms with van der Waals surface area (Å²) in [5.74, 6) is -0.671. The zero-order valence-electron chi connectivity index (χ0n) is 17.8. The van der Waals surface area contributed by atoms with E-state index in [0.717, 1.165) is 74.5 Å². The Labute approximate surface area is 178 Å². The highest BCUT2D eigenvalue weighted by Gasteiger charge is 2.25. The Morgan fingerprint density at radius 2 is 1.70 bits per heavy atom. The van der Waals surface area contributed by atoms with E-state index in [1.54, 1.807) is 18.2 Å². The largest absolute Gasteiger partial charge is 0.207 e. The molecule has 30 heavy (non-hydrogen) atoms. The maximum absolute atomic E-state index is 14.7. The van der Waals surface area contributed by atoms with Crippen LogP contribution in [0.2, 0.25) is 0 Å². The molecule has 0 aromatic heterocycles. The van der Waals surface area contributed by atoms with Crippen molar-refractivity contribution in [1.29, 1.82) is 0 Å². The van der Waals surface area contributed by atoms with Gasteiger partial charge in [-0.1, -0.05) is 30.3 Å². The SMILES string of the molecule is Cc1ccc(C2CCC(CCc3ccc(C4=CCCCC4)c(F)c3F)CC2)c(F)c1. The van der Waals surface area contributed by atoms with Crippen molar-refractivity contribution < 1.29 is 13.2 Å². The molecule has 0 unspecified atom stereocenters. The minimum Gasteiger partial charge on any atom is -0.207 e. The molecule has 2 aromatic carbocycles. The molecule has 0 bridgehead atoms. The molecule has 160 valence electrons.